The minimum absolute atomic E-state index is 0.198. The first-order chi connectivity index (χ1) is 11.0. The average Bonchev–Trinajstić information content (AvgIpc) is 2.51. The molecule has 7 heteroatoms. The third-order valence-electron chi connectivity index (χ3n) is 2.84. The van der Waals surface area contributed by atoms with Gasteiger partial charge in [-0.3, -0.25) is 4.79 Å². The lowest BCUT2D eigenvalue weighted by atomic mass is 10.1. The van der Waals surface area contributed by atoms with Crippen LogP contribution in [0.4, 0.5) is 0 Å². The molecule has 2 aromatic carbocycles. The summed E-state index contributed by atoms with van der Waals surface area (Å²) in [5.41, 5.74) is 4.03. The van der Waals surface area contributed by atoms with Crippen molar-refractivity contribution < 1.29 is 9.53 Å². The summed E-state index contributed by atoms with van der Waals surface area (Å²) in [6.07, 6.45) is 0. The van der Waals surface area contributed by atoms with E-state index in [0.717, 1.165) is 10.0 Å². The lowest BCUT2D eigenvalue weighted by Crippen LogP contribution is -2.25. The van der Waals surface area contributed by atoms with Gasteiger partial charge in [-0.25, -0.2) is 5.43 Å². The van der Waals surface area contributed by atoms with E-state index < -0.39 is 0 Å². The van der Waals surface area contributed by atoms with E-state index in [2.05, 4.69) is 26.5 Å². The number of ether oxygens (including phenoxy) is 1. The Morgan fingerprint density at radius 3 is 2.74 bits per heavy atom. The maximum absolute atomic E-state index is 11.8. The molecule has 2 rings (SSSR count). The van der Waals surface area contributed by atoms with Gasteiger partial charge in [-0.1, -0.05) is 51.3 Å². The molecule has 0 aliphatic heterocycles. The van der Waals surface area contributed by atoms with Gasteiger partial charge < -0.3 is 4.74 Å². The number of amides is 1. The normalized spacial score (nSPS) is 11.2. The minimum atomic E-state index is -0.384. The topological polar surface area (TPSA) is 50.7 Å². The predicted octanol–water partition coefficient (Wildman–Crippen LogP) is 4.68. The number of carbonyl (C=O) groups excluding carboxylic acids is 1. The molecule has 0 saturated heterocycles. The van der Waals surface area contributed by atoms with Crippen LogP contribution in [0, 0.1) is 0 Å². The Morgan fingerprint density at radius 2 is 2.04 bits per heavy atom. The largest absolute Gasteiger partial charge is 0.482 e. The summed E-state index contributed by atoms with van der Waals surface area (Å²) >= 11 is 15.1. The highest BCUT2D eigenvalue weighted by Gasteiger charge is 2.06. The molecular formula is C16H13BrCl2N2O2. The van der Waals surface area contributed by atoms with Crippen molar-refractivity contribution in [2.24, 2.45) is 5.10 Å². The number of nitrogens with one attached hydrogen (secondary N) is 1. The summed E-state index contributed by atoms with van der Waals surface area (Å²) in [4.78, 5) is 11.8. The molecule has 4 nitrogen and oxygen atoms in total. The first kappa shape index (κ1) is 17.8. The van der Waals surface area contributed by atoms with E-state index in [1.54, 1.807) is 25.1 Å². The van der Waals surface area contributed by atoms with Gasteiger partial charge in [0.25, 0.3) is 5.91 Å². The molecule has 0 unspecified atom stereocenters. The fourth-order valence-electron chi connectivity index (χ4n) is 1.69. The third kappa shape index (κ3) is 5.53. The summed E-state index contributed by atoms with van der Waals surface area (Å²) in [6, 6.07) is 12.4. The van der Waals surface area contributed by atoms with Gasteiger partial charge in [0.2, 0.25) is 0 Å². The van der Waals surface area contributed by atoms with Crippen LogP contribution < -0.4 is 10.2 Å². The lowest BCUT2D eigenvalue weighted by Gasteiger charge is -2.07. The van der Waals surface area contributed by atoms with E-state index in [1.165, 1.54) is 0 Å². The van der Waals surface area contributed by atoms with Crippen LogP contribution >= 0.6 is 39.1 Å². The first-order valence-corrected chi connectivity index (χ1v) is 8.17. The molecule has 0 spiro atoms. The number of rotatable bonds is 5. The molecule has 120 valence electrons. The van der Waals surface area contributed by atoms with Crippen LogP contribution in [0.3, 0.4) is 0 Å². The number of hydrogen-bond donors (Lipinski definition) is 1. The second kappa shape index (κ2) is 8.34. The summed E-state index contributed by atoms with van der Waals surface area (Å²) in [5.74, 6) is 0.00396. The maximum atomic E-state index is 11.8. The number of hydrogen-bond acceptors (Lipinski definition) is 3. The van der Waals surface area contributed by atoms with Crippen molar-refractivity contribution in [3.05, 3.63) is 62.5 Å². The van der Waals surface area contributed by atoms with Gasteiger partial charge in [0.15, 0.2) is 6.61 Å². The SMILES string of the molecule is C/C(=N\NC(=O)COc1ccc(Cl)cc1Cl)c1cccc(Br)c1. The predicted molar refractivity (Wildman–Crippen MR) is 96.5 cm³/mol. The van der Waals surface area contributed by atoms with Gasteiger partial charge in [-0.2, -0.15) is 5.10 Å². The molecule has 1 N–H and O–H groups in total. The molecule has 0 aliphatic carbocycles. The lowest BCUT2D eigenvalue weighted by molar-refractivity contribution is -0.123. The molecule has 0 aliphatic rings. The molecule has 0 atom stereocenters. The van der Waals surface area contributed by atoms with Crippen LogP contribution in [0.1, 0.15) is 12.5 Å². The van der Waals surface area contributed by atoms with Crippen molar-refractivity contribution in [2.75, 3.05) is 6.61 Å². The summed E-state index contributed by atoms with van der Waals surface area (Å²) < 4.78 is 6.27. The molecule has 0 saturated carbocycles. The van der Waals surface area contributed by atoms with Gasteiger partial charge in [0, 0.05) is 9.50 Å². The van der Waals surface area contributed by atoms with Crippen molar-refractivity contribution >= 4 is 50.8 Å². The van der Waals surface area contributed by atoms with E-state index in [-0.39, 0.29) is 12.5 Å². The highest BCUT2D eigenvalue weighted by molar-refractivity contribution is 9.10. The van der Waals surface area contributed by atoms with Gasteiger partial charge in [-0.15, -0.1) is 0 Å². The average molecular weight is 416 g/mol. The summed E-state index contributed by atoms with van der Waals surface area (Å²) in [7, 11) is 0. The highest BCUT2D eigenvalue weighted by atomic mass is 79.9. The van der Waals surface area contributed by atoms with E-state index >= 15 is 0 Å². The number of nitrogens with zero attached hydrogens (tertiary/aromatic N) is 1. The van der Waals surface area contributed by atoms with Crippen LogP contribution in [0.25, 0.3) is 0 Å². The fraction of sp³-hybridized carbons (Fsp3) is 0.125. The van der Waals surface area contributed by atoms with Gasteiger partial charge in [-0.05, 0) is 42.8 Å². The summed E-state index contributed by atoms with van der Waals surface area (Å²) in [6.45, 7) is 1.61. The van der Waals surface area contributed by atoms with Gasteiger partial charge in [0.05, 0.1) is 10.7 Å². The van der Waals surface area contributed by atoms with Gasteiger partial charge in [0.1, 0.15) is 5.75 Å². The molecule has 0 aromatic heterocycles. The van der Waals surface area contributed by atoms with Crippen molar-refractivity contribution in [3.63, 3.8) is 0 Å². The van der Waals surface area contributed by atoms with Crippen LogP contribution in [0.2, 0.25) is 10.0 Å². The number of benzene rings is 2. The molecular weight excluding hydrogens is 403 g/mol. The molecule has 2 aromatic rings. The smallest absolute Gasteiger partial charge is 0.277 e. The quantitative estimate of drug-likeness (QED) is 0.569. The minimum Gasteiger partial charge on any atom is -0.482 e. The Kier molecular flexibility index (Phi) is 6.45. The Balaban J connectivity index is 1.90. The van der Waals surface area contributed by atoms with Crippen molar-refractivity contribution in [1.29, 1.82) is 0 Å². The number of hydrazone groups is 1. The van der Waals surface area contributed by atoms with E-state index in [4.69, 9.17) is 27.9 Å². The van der Waals surface area contributed by atoms with Crippen molar-refractivity contribution in [2.45, 2.75) is 6.92 Å². The van der Waals surface area contributed by atoms with Crippen molar-refractivity contribution in [3.8, 4) is 5.75 Å². The molecule has 23 heavy (non-hydrogen) atoms. The molecule has 1 amide bonds. The number of halogens is 3. The molecule has 0 fully saturated rings. The highest BCUT2D eigenvalue weighted by Crippen LogP contribution is 2.27. The Morgan fingerprint density at radius 1 is 1.26 bits per heavy atom. The second-order valence-electron chi connectivity index (χ2n) is 4.61. The standard InChI is InChI=1S/C16H13BrCl2N2O2/c1-10(11-3-2-4-12(17)7-11)20-21-16(22)9-23-15-6-5-13(18)8-14(15)19/h2-8H,9H2,1H3,(H,21,22)/b20-10+. The Hall–Kier alpha value is -1.56. The zero-order chi connectivity index (χ0) is 16.8. The Bertz CT molecular complexity index is 751. The van der Waals surface area contributed by atoms with E-state index in [0.29, 0.717) is 21.5 Å². The van der Waals surface area contributed by atoms with Crippen LogP contribution in [-0.4, -0.2) is 18.2 Å². The first-order valence-electron chi connectivity index (χ1n) is 6.62. The summed E-state index contributed by atoms with van der Waals surface area (Å²) in [5, 5.41) is 4.89. The van der Waals surface area contributed by atoms with Gasteiger partial charge >= 0.3 is 0 Å². The van der Waals surface area contributed by atoms with Crippen LogP contribution in [0.15, 0.2) is 52.0 Å². The fourth-order valence-corrected chi connectivity index (χ4v) is 2.55. The third-order valence-corrected chi connectivity index (χ3v) is 3.87. The zero-order valence-electron chi connectivity index (χ0n) is 12.1. The Labute approximate surface area is 152 Å². The van der Waals surface area contributed by atoms with Crippen LogP contribution in [-0.2, 0) is 4.79 Å². The van der Waals surface area contributed by atoms with Crippen LogP contribution in [0.5, 0.6) is 5.75 Å². The molecule has 0 heterocycles. The second-order valence-corrected chi connectivity index (χ2v) is 6.37. The van der Waals surface area contributed by atoms with E-state index in [1.807, 2.05) is 24.3 Å². The number of carbonyl (C=O) groups is 1. The monoisotopic (exact) mass is 414 g/mol. The van der Waals surface area contributed by atoms with Crippen molar-refractivity contribution in [1.82, 2.24) is 5.43 Å². The maximum Gasteiger partial charge on any atom is 0.277 e. The zero-order valence-corrected chi connectivity index (χ0v) is 15.2. The van der Waals surface area contributed by atoms with E-state index in [9.17, 15) is 4.79 Å². The molecule has 0 bridgehead atoms. The molecule has 0 radical (unpaired) electrons.